The molecule has 0 radical (unpaired) electrons. The second-order valence-corrected chi connectivity index (χ2v) is 4.12. The van der Waals surface area contributed by atoms with Crippen molar-refractivity contribution in [3.8, 4) is 0 Å². The van der Waals surface area contributed by atoms with E-state index in [-0.39, 0.29) is 18.4 Å². The fourth-order valence-corrected chi connectivity index (χ4v) is 2.09. The van der Waals surface area contributed by atoms with Crippen molar-refractivity contribution in [3.05, 3.63) is 0 Å². The second-order valence-electron chi connectivity index (χ2n) is 2.83. The van der Waals surface area contributed by atoms with Crippen molar-refractivity contribution < 1.29 is 23.4 Å². The lowest BCUT2D eigenvalue weighted by atomic mass is 10.1. The minimum absolute atomic E-state index is 0.0947. The van der Waals surface area contributed by atoms with E-state index in [1.165, 1.54) is 7.11 Å². The minimum Gasteiger partial charge on any atom is -0.468 e. The van der Waals surface area contributed by atoms with Gasteiger partial charge in [0, 0.05) is 6.42 Å². The van der Waals surface area contributed by atoms with Gasteiger partial charge in [-0.2, -0.15) is 0 Å². The Labute approximate surface area is 90.0 Å². The van der Waals surface area contributed by atoms with Crippen LogP contribution in [0.15, 0.2) is 0 Å². The molecule has 0 aromatic heterocycles. The summed E-state index contributed by atoms with van der Waals surface area (Å²) < 4.78 is 20.5. The molecule has 2 atom stereocenters. The number of methoxy groups -OCH3 is 1. The molecule has 6 heteroatoms. The molecule has 0 aromatic carbocycles. The Kier molecular flexibility index (Phi) is 7.09. The van der Waals surface area contributed by atoms with E-state index in [1.807, 2.05) is 0 Å². The molecule has 0 aliphatic carbocycles. The number of Topliss-reactive ketones (excluding diaryl/α,β-unsaturated/α-hetero) is 1. The quantitative estimate of drug-likeness (QED) is 0.380. The molecule has 0 fully saturated rings. The van der Waals surface area contributed by atoms with Crippen molar-refractivity contribution >= 4 is 19.8 Å². The first-order valence-corrected chi connectivity index (χ1v) is 6.11. The van der Waals surface area contributed by atoms with Crippen LogP contribution < -0.4 is 0 Å². The first kappa shape index (κ1) is 14.2. The lowest BCUT2D eigenvalue weighted by molar-refractivity contribution is -0.148. The monoisotopic (exact) mass is 235 g/mol. The van der Waals surface area contributed by atoms with Crippen LogP contribution in [0.1, 0.15) is 20.3 Å². The van der Waals surface area contributed by atoms with E-state index in [1.54, 1.807) is 13.8 Å². The Morgan fingerprint density at radius 3 is 2.33 bits per heavy atom. The van der Waals surface area contributed by atoms with Gasteiger partial charge in [-0.25, -0.2) is 0 Å². The van der Waals surface area contributed by atoms with Crippen LogP contribution in [0, 0.1) is 5.92 Å². The lowest BCUT2D eigenvalue weighted by Crippen LogP contribution is -2.27. The first-order chi connectivity index (χ1) is 7.06. The van der Waals surface area contributed by atoms with Gasteiger partial charge in [0.2, 0.25) is 0 Å². The van der Waals surface area contributed by atoms with Gasteiger partial charge < -0.3 is 4.74 Å². The average Bonchev–Trinajstić information content (AvgIpc) is 2.24. The summed E-state index contributed by atoms with van der Waals surface area (Å²) in [5, 5.41) is 0. The van der Waals surface area contributed by atoms with E-state index in [0.29, 0.717) is 6.61 Å². The molecule has 86 valence electrons. The summed E-state index contributed by atoms with van der Waals surface area (Å²) in [6, 6.07) is 0. The van der Waals surface area contributed by atoms with Crippen molar-refractivity contribution in [2.75, 3.05) is 19.9 Å². The van der Waals surface area contributed by atoms with E-state index in [0.717, 1.165) is 0 Å². The summed E-state index contributed by atoms with van der Waals surface area (Å²) in [5.41, 5.74) is 0. The molecular formula is C9H16O5P+. The smallest absolute Gasteiger partial charge is 0.468 e. The minimum atomic E-state index is -1.97. The Morgan fingerprint density at radius 1 is 1.33 bits per heavy atom. The van der Waals surface area contributed by atoms with Gasteiger partial charge in [-0.15, -0.1) is 4.52 Å². The van der Waals surface area contributed by atoms with Crippen molar-refractivity contribution in [2.45, 2.75) is 20.3 Å². The molecule has 0 saturated carbocycles. The maximum absolute atomic E-state index is 11.4. The van der Waals surface area contributed by atoms with E-state index in [2.05, 4.69) is 4.74 Å². The maximum Gasteiger partial charge on any atom is 0.509 e. The molecule has 0 spiro atoms. The van der Waals surface area contributed by atoms with E-state index in [9.17, 15) is 14.2 Å². The number of carbonyl (C=O) groups excluding carboxylic acids is 2. The highest BCUT2D eigenvalue weighted by Crippen LogP contribution is 2.26. The van der Waals surface area contributed by atoms with Crippen LogP contribution in [-0.4, -0.2) is 31.6 Å². The standard InChI is InChI=1S/C9H16O5P/c1-4-8(10)7(9(11)13-3)6-15(12)14-5-2/h7H,4-6H2,1-3H3/q+1. The Morgan fingerprint density at radius 2 is 1.93 bits per heavy atom. The summed E-state index contributed by atoms with van der Waals surface area (Å²) in [6.45, 7) is 3.64. The number of carbonyl (C=O) groups is 2. The molecule has 0 aliphatic rings. The summed E-state index contributed by atoms with van der Waals surface area (Å²) in [7, 11) is -0.768. The predicted molar refractivity (Wildman–Crippen MR) is 54.9 cm³/mol. The van der Waals surface area contributed by atoms with Gasteiger partial charge in [-0.05, 0) is 11.5 Å². The number of hydrogen-bond acceptors (Lipinski definition) is 5. The SMILES string of the molecule is CCO[P+](=O)CC(C(=O)CC)C(=O)OC. The van der Waals surface area contributed by atoms with Gasteiger partial charge in [-0.1, -0.05) is 6.92 Å². The van der Waals surface area contributed by atoms with Crippen molar-refractivity contribution in [1.29, 1.82) is 0 Å². The first-order valence-electron chi connectivity index (χ1n) is 4.74. The number of rotatable bonds is 7. The number of ketones is 1. The van der Waals surface area contributed by atoms with Crippen LogP contribution in [-0.2, 0) is 23.4 Å². The zero-order chi connectivity index (χ0) is 11.8. The number of esters is 1. The third kappa shape index (κ3) is 5.00. The second kappa shape index (κ2) is 7.49. The molecule has 2 unspecified atom stereocenters. The number of ether oxygens (including phenoxy) is 1. The summed E-state index contributed by atoms with van der Waals surface area (Å²) in [6.07, 6.45) is 0.123. The van der Waals surface area contributed by atoms with Crippen LogP contribution in [0.5, 0.6) is 0 Å². The lowest BCUT2D eigenvalue weighted by Gasteiger charge is -2.06. The van der Waals surface area contributed by atoms with E-state index < -0.39 is 19.9 Å². The van der Waals surface area contributed by atoms with Crippen LogP contribution in [0.3, 0.4) is 0 Å². The third-order valence-electron chi connectivity index (χ3n) is 1.83. The molecule has 0 N–H and O–H groups in total. The van der Waals surface area contributed by atoms with E-state index >= 15 is 0 Å². The molecular weight excluding hydrogens is 219 g/mol. The van der Waals surface area contributed by atoms with Crippen LogP contribution >= 0.6 is 8.03 Å². The van der Waals surface area contributed by atoms with Crippen molar-refractivity contribution in [2.24, 2.45) is 5.92 Å². The van der Waals surface area contributed by atoms with Gasteiger partial charge in [0.1, 0.15) is 0 Å². The highest BCUT2D eigenvalue weighted by Gasteiger charge is 2.35. The Hall–Kier alpha value is -0.800. The van der Waals surface area contributed by atoms with Crippen LogP contribution in [0.2, 0.25) is 0 Å². The van der Waals surface area contributed by atoms with Crippen LogP contribution in [0.25, 0.3) is 0 Å². The van der Waals surface area contributed by atoms with Crippen LogP contribution in [0.4, 0.5) is 0 Å². The zero-order valence-electron chi connectivity index (χ0n) is 9.19. The molecule has 0 aromatic rings. The molecule has 0 saturated heterocycles. The van der Waals surface area contributed by atoms with Gasteiger partial charge in [0.25, 0.3) is 0 Å². The zero-order valence-corrected chi connectivity index (χ0v) is 10.1. The molecule has 0 heterocycles. The van der Waals surface area contributed by atoms with Gasteiger partial charge >= 0.3 is 14.0 Å². The topological polar surface area (TPSA) is 69.7 Å². The molecule has 5 nitrogen and oxygen atoms in total. The summed E-state index contributed by atoms with van der Waals surface area (Å²) >= 11 is 0. The van der Waals surface area contributed by atoms with Gasteiger partial charge in [-0.3, -0.25) is 9.59 Å². The fraction of sp³-hybridized carbons (Fsp3) is 0.778. The van der Waals surface area contributed by atoms with Crippen molar-refractivity contribution in [3.63, 3.8) is 0 Å². The summed E-state index contributed by atoms with van der Waals surface area (Å²) in [4.78, 5) is 22.6. The third-order valence-corrected chi connectivity index (χ3v) is 3.04. The Balaban J connectivity index is 4.44. The molecule has 15 heavy (non-hydrogen) atoms. The van der Waals surface area contributed by atoms with E-state index in [4.69, 9.17) is 4.52 Å². The maximum atomic E-state index is 11.4. The highest BCUT2D eigenvalue weighted by molar-refractivity contribution is 7.39. The molecule has 0 aliphatic heterocycles. The fourth-order valence-electron chi connectivity index (χ4n) is 1.04. The van der Waals surface area contributed by atoms with Crippen molar-refractivity contribution in [1.82, 2.24) is 0 Å². The largest absolute Gasteiger partial charge is 0.509 e. The average molecular weight is 235 g/mol. The predicted octanol–water partition coefficient (Wildman–Crippen LogP) is 1.53. The van der Waals surface area contributed by atoms with Gasteiger partial charge in [0.05, 0.1) is 13.7 Å². The number of hydrogen-bond donors (Lipinski definition) is 0. The molecule has 0 amide bonds. The molecule has 0 rings (SSSR count). The highest BCUT2D eigenvalue weighted by atomic mass is 31.1. The Bertz CT molecular complexity index is 235. The molecule has 0 bridgehead atoms. The normalized spacial score (nSPS) is 13.1. The summed E-state index contributed by atoms with van der Waals surface area (Å²) in [5.74, 6) is -1.88. The van der Waals surface area contributed by atoms with Gasteiger partial charge in [0.15, 0.2) is 17.9 Å².